The second-order valence-corrected chi connectivity index (χ2v) is 6.73. The van der Waals surface area contributed by atoms with Gasteiger partial charge in [0.25, 0.3) is 0 Å². The zero-order valence-electron chi connectivity index (χ0n) is 13.1. The van der Waals surface area contributed by atoms with Crippen LogP contribution < -0.4 is 10.5 Å². The van der Waals surface area contributed by atoms with E-state index in [4.69, 9.17) is 10.5 Å². The summed E-state index contributed by atoms with van der Waals surface area (Å²) in [7, 11) is 1.70. The van der Waals surface area contributed by atoms with Crippen molar-refractivity contribution in [1.82, 2.24) is 4.90 Å². The van der Waals surface area contributed by atoms with Crippen molar-refractivity contribution in [2.45, 2.75) is 38.1 Å². The molecule has 3 nitrogen and oxygen atoms in total. The van der Waals surface area contributed by atoms with E-state index in [-0.39, 0.29) is 6.04 Å². The normalized spacial score (nSPS) is 27.9. The Labute approximate surface area is 128 Å². The molecule has 1 saturated carbocycles. The van der Waals surface area contributed by atoms with Crippen LogP contribution in [0.4, 0.5) is 0 Å². The van der Waals surface area contributed by atoms with E-state index < -0.39 is 0 Å². The van der Waals surface area contributed by atoms with Crippen molar-refractivity contribution in [2.24, 2.45) is 17.6 Å². The number of nitrogens with zero attached hydrogens (tertiary/aromatic N) is 1. The fraction of sp³-hybridized carbons (Fsp3) is 0.667. The van der Waals surface area contributed by atoms with Crippen LogP contribution in [0.2, 0.25) is 0 Å². The van der Waals surface area contributed by atoms with E-state index in [0.29, 0.717) is 0 Å². The molecule has 1 saturated heterocycles. The van der Waals surface area contributed by atoms with Crippen LogP contribution in [0, 0.1) is 11.8 Å². The third kappa shape index (κ3) is 3.58. The number of nitrogens with two attached hydrogens (primary N) is 1. The Bertz CT molecular complexity index is 445. The Kier molecular flexibility index (Phi) is 4.81. The topological polar surface area (TPSA) is 38.5 Å². The predicted molar refractivity (Wildman–Crippen MR) is 86.4 cm³/mol. The van der Waals surface area contributed by atoms with Gasteiger partial charge in [-0.25, -0.2) is 0 Å². The Hall–Kier alpha value is -1.06. The second kappa shape index (κ2) is 6.80. The van der Waals surface area contributed by atoms with Gasteiger partial charge in [0.2, 0.25) is 0 Å². The van der Waals surface area contributed by atoms with Crippen LogP contribution in [-0.2, 0) is 0 Å². The second-order valence-electron chi connectivity index (χ2n) is 6.73. The molecular weight excluding hydrogens is 260 g/mol. The first-order chi connectivity index (χ1) is 10.3. The summed E-state index contributed by atoms with van der Waals surface area (Å²) in [6.07, 6.45) is 7.15. The maximum atomic E-state index is 6.40. The molecular formula is C18H28N2O. The molecule has 3 rings (SSSR count). The Balaban J connectivity index is 1.55. The summed E-state index contributed by atoms with van der Waals surface area (Å²) < 4.78 is 5.21. The minimum Gasteiger partial charge on any atom is -0.497 e. The molecule has 3 atom stereocenters. The average Bonchev–Trinajstić information content (AvgIpc) is 2.55. The number of methoxy groups -OCH3 is 1. The SMILES string of the molecule is COc1ccc(C(N)CN2CCC3CCCCC3C2)cc1. The van der Waals surface area contributed by atoms with Gasteiger partial charge < -0.3 is 15.4 Å². The van der Waals surface area contributed by atoms with Gasteiger partial charge in [-0.1, -0.05) is 31.4 Å². The Morgan fingerprint density at radius 3 is 2.57 bits per heavy atom. The smallest absolute Gasteiger partial charge is 0.118 e. The highest BCUT2D eigenvalue weighted by molar-refractivity contribution is 5.29. The summed E-state index contributed by atoms with van der Waals surface area (Å²) >= 11 is 0. The number of hydrogen-bond donors (Lipinski definition) is 1. The average molecular weight is 288 g/mol. The van der Waals surface area contributed by atoms with Gasteiger partial charge in [-0.05, 0) is 48.9 Å². The van der Waals surface area contributed by atoms with Crippen LogP contribution in [0.5, 0.6) is 5.75 Å². The summed E-state index contributed by atoms with van der Waals surface area (Å²) in [6, 6.07) is 8.30. The van der Waals surface area contributed by atoms with Gasteiger partial charge in [-0.3, -0.25) is 0 Å². The highest BCUT2D eigenvalue weighted by Gasteiger charge is 2.31. The molecule has 0 bridgehead atoms. The van der Waals surface area contributed by atoms with Gasteiger partial charge in [0.05, 0.1) is 7.11 Å². The lowest BCUT2D eigenvalue weighted by atomic mass is 9.75. The summed E-state index contributed by atoms with van der Waals surface area (Å²) in [5.74, 6) is 2.82. The number of likely N-dealkylation sites (tertiary alicyclic amines) is 1. The van der Waals surface area contributed by atoms with Gasteiger partial charge in [0.15, 0.2) is 0 Å². The molecule has 116 valence electrons. The van der Waals surface area contributed by atoms with E-state index in [2.05, 4.69) is 17.0 Å². The molecule has 1 aliphatic carbocycles. The maximum Gasteiger partial charge on any atom is 0.118 e. The van der Waals surface area contributed by atoms with Crippen LogP contribution in [0.3, 0.4) is 0 Å². The van der Waals surface area contributed by atoms with Crippen LogP contribution >= 0.6 is 0 Å². The molecule has 21 heavy (non-hydrogen) atoms. The molecule has 1 aromatic rings. The first kappa shape index (κ1) is 14.9. The van der Waals surface area contributed by atoms with Crippen molar-refractivity contribution in [1.29, 1.82) is 0 Å². The van der Waals surface area contributed by atoms with Gasteiger partial charge in [-0.15, -0.1) is 0 Å². The molecule has 1 heterocycles. The highest BCUT2D eigenvalue weighted by atomic mass is 16.5. The number of rotatable bonds is 4. The van der Waals surface area contributed by atoms with Gasteiger partial charge >= 0.3 is 0 Å². The molecule has 2 fully saturated rings. The monoisotopic (exact) mass is 288 g/mol. The number of fused-ring (bicyclic) bond motifs is 1. The fourth-order valence-corrected chi connectivity index (χ4v) is 4.08. The van der Waals surface area contributed by atoms with E-state index in [1.54, 1.807) is 7.11 Å². The lowest BCUT2D eigenvalue weighted by Crippen LogP contribution is -2.44. The Morgan fingerprint density at radius 1 is 1.14 bits per heavy atom. The third-order valence-electron chi connectivity index (χ3n) is 5.37. The number of ether oxygens (including phenoxy) is 1. The van der Waals surface area contributed by atoms with E-state index >= 15 is 0 Å². The molecule has 0 amide bonds. The highest BCUT2D eigenvalue weighted by Crippen LogP contribution is 2.36. The van der Waals surface area contributed by atoms with Crippen LogP contribution in [0.1, 0.15) is 43.7 Å². The van der Waals surface area contributed by atoms with Gasteiger partial charge in [0.1, 0.15) is 5.75 Å². The predicted octanol–water partition coefficient (Wildman–Crippen LogP) is 3.21. The lowest BCUT2D eigenvalue weighted by Gasteiger charge is -2.42. The zero-order valence-corrected chi connectivity index (χ0v) is 13.1. The summed E-state index contributed by atoms with van der Waals surface area (Å²) in [5, 5.41) is 0. The largest absolute Gasteiger partial charge is 0.497 e. The first-order valence-electron chi connectivity index (χ1n) is 8.38. The maximum absolute atomic E-state index is 6.40. The molecule has 3 unspecified atom stereocenters. The minimum absolute atomic E-state index is 0.107. The summed E-state index contributed by atoms with van der Waals surface area (Å²) in [5.41, 5.74) is 7.61. The van der Waals surface area contributed by atoms with E-state index in [0.717, 1.165) is 24.1 Å². The minimum atomic E-state index is 0.107. The summed E-state index contributed by atoms with van der Waals surface area (Å²) in [4.78, 5) is 2.58. The summed E-state index contributed by atoms with van der Waals surface area (Å²) in [6.45, 7) is 3.47. The van der Waals surface area contributed by atoms with E-state index in [1.165, 1.54) is 50.8 Å². The van der Waals surface area contributed by atoms with Crippen LogP contribution in [0.25, 0.3) is 0 Å². The molecule has 0 spiro atoms. The molecule has 1 aromatic carbocycles. The number of piperidine rings is 1. The molecule has 3 heteroatoms. The van der Waals surface area contributed by atoms with Crippen molar-refractivity contribution in [3.63, 3.8) is 0 Å². The zero-order chi connectivity index (χ0) is 14.7. The van der Waals surface area contributed by atoms with Crippen molar-refractivity contribution in [2.75, 3.05) is 26.7 Å². The molecule has 0 radical (unpaired) electrons. The third-order valence-corrected chi connectivity index (χ3v) is 5.37. The van der Waals surface area contributed by atoms with Gasteiger partial charge in [-0.2, -0.15) is 0 Å². The quantitative estimate of drug-likeness (QED) is 0.924. The first-order valence-corrected chi connectivity index (χ1v) is 8.38. The van der Waals surface area contributed by atoms with Crippen molar-refractivity contribution >= 4 is 0 Å². The number of hydrogen-bond acceptors (Lipinski definition) is 3. The molecule has 1 aliphatic heterocycles. The molecule has 2 aliphatic rings. The van der Waals surface area contributed by atoms with Crippen molar-refractivity contribution in [3.05, 3.63) is 29.8 Å². The van der Waals surface area contributed by atoms with E-state index in [1.807, 2.05) is 12.1 Å². The fourth-order valence-electron chi connectivity index (χ4n) is 4.08. The van der Waals surface area contributed by atoms with Crippen LogP contribution in [0.15, 0.2) is 24.3 Å². The van der Waals surface area contributed by atoms with Crippen LogP contribution in [-0.4, -0.2) is 31.6 Å². The molecule has 2 N–H and O–H groups in total. The number of benzene rings is 1. The van der Waals surface area contributed by atoms with Gasteiger partial charge in [0, 0.05) is 19.1 Å². The lowest BCUT2D eigenvalue weighted by molar-refractivity contribution is 0.0828. The van der Waals surface area contributed by atoms with E-state index in [9.17, 15) is 0 Å². The standard InChI is InChI=1S/C18H28N2O/c1-21-17-8-6-15(7-9-17)18(19)13-20-11-10-14-4-2-3-5-16(14)12-20/h6-9,14,16,18H,2-5,10-13,19H2,1H3. The molecule has 0 aromatic heterocycles. The van der Waals surface area contributed by atoms with Crippen molar-refractivity contribution < 1.29 is 4.74 Å². The van der Waals surface area contributed by atoms with Crippen molar-refractivity contribution in [3.8, 4) is 5.75 Å². The Morgan fingerprint density at radius 2 is 1.86 bits per heavy atom.